The highest BCUT2D eigenvalue weighted by atomic mass is 15.1. The van der Waals surface area contributed by atoms with Crippen LogP contribution in [0.4, 0.5) is 17.1 Å². The number of nitrogens with zero attached hydrogens (tertiary/aromatic N) is 1. The van der Waals surface area contributed by atoms with E-state index in [-0.39, 0.29) is 18.1 Å². The van der Waals surface area contributed by atoms with Gasteiger partial charge in [-0.05, 0) is 125 Å². The third kappa shape index (κ3) is 6.73. The zero-order chi connectivity index (χ0) is 43.1. The van der Waals surface area contributed by atoms with Gasteiger partial charge < -0.3 is 4.90 Å². The fraction of sp³-hybridized carbons (Fsp3) is 0. The molecule has 0 N–H and O–H groups in total. The largest absolute Gasteiger partial charge is 0.310 e. The first-order chi connectivity index (χ1) is 31.5. The van der Waals surface area contributed by atoms with Gasteiger partial charge in [-0.1, -0.05) is 206 Å². The summed E-state index contributed by atoms with van der Waals surface area (Å²) in [5.41, 5.74) is 11.4. The van der Waals surface area contributed by atoms with Gasteiger partial charge in [0.1, 0.15) is 0 Å². The van der Waals surface area contributed by atoms with E-state index >= 15 is 0 Å². The molecule has 0 bridgehead atoms. The molecule has 0 aliphatic rings. The molecule has 0 aromatic heterocycles. The minimum atomic E-state index is 0.00927. The molecule has 11 rings (SSSR count). The van der Waals surface area contributed by atoms with Crippen LogP contribution >= 0.6 is 0 Å². The van der Waals surface area contributed by atoms with E-state index in [0.29, 0.717) is 16.8 Å². The molecule has 0 atom stereocenters. The van der Waals surface area contributed by atoms with Gasteiger partial charge in [0.2, 0.25) is 0 Å². The predicted molar refractivity (Wildman–Crippen MR) is 261 cm³/mol. The summed E-state index contributed by atoms with van der Waals surface area (Å²) in [6.45, 7) is 0. The van der Waals surface area contributed by atoms with Gasteiger partial charge in [0.05, 0.1) is 9.80 Å². The molecule has 11 aromatic rings. The number of hydrogen-bond acceptors (Lipinski definition) is 1. The molecule has 0 radical (unpaired) electrons. The summed E-state index contributed by atoms with van der Waals surface area (Å²) in [4.78, 5) is 2.07. The van der Waals surface area contributed by atoms with Crippen LogP contribution in [0.3, 0.4) is 0 Å². The average Bonchev–Trinajstić information content (AvgIpc) is 3.36. The number of anilines is 3. The maximum atomic E-state index is 9.92. The second-order valence-electron chi connectivity index (χ2n) is 15.4. The van der Waals surface area contributed by atoms with E-state index in [0.717, 1.165) is 61.3 Å². The van der Waals surface area contributed by atoms with E-state index in [4.69, 9.17) is 0 Å². The van der Waals surface area contributed by atoms with Gasteiger partial charge in [-0.2, -0.15) is 0 Å². The Morgan fingerprint density at radius 2 is 0.787 bits per heavy atom. The molecule has 0 saturated heterocycles. The van der Waals surface area contributed by atoms with E-state index < -0.39 is 0 Å². The first-order valence-electron chi connectivity index (χ1n) is 22.3. The van der Waals surface area contributed by atoms with Crippen LogP contribution in [0.25, 0.3) is 88.0 Å². The molecule has 0 spiro atoms. The molecule has 0 aliphatic heterocycles. The van der Waals surface area contributed by atoms with Gasteiger partial charge in [-0.3, -0.25) is 0 Å². The molecule has 0 saturated carbocycles. The maximum Gasteiger partial charge on any atom is 0.0645 e. The highest BCUT2D eigenvalue weighted by molar-refractivity contribution is 6.14. The Morgan fingerprint density at radius 1 is 0.295 bits per heavy atom. The van der Waals surface area contributed by atoms with Gasteiger partial charge in [-0.25, -0.2) is 0 Å². The van der Waals surface area contributed by atoms with Gasteiger partial charge >= 0.3 is 0 Å². The fourth-order valence-corrected chi connectivity index (χ4v) is 8.84. The SMILES string of the molecule is [2H]c1c([2H])c(N(c2ccc(-c3c(-c4ccccc4)ccc4ccccc34)cc2)c2ccc(-c3cc4ccccc4c4ccccc34)cc2)c(-c2ccccc2)c([2H])c1-c1ccccc1. The molecule has 1 nitrogen and oxygen atoms in total. The molecule has 0 amide bonds. The third-order valence-corrected chi connectivity index (χ3v) is 11.8. The summed E-state index contributed by atoms with van der Waals surface area (Å²) < 4.78 is 29.4. The molecular weight excluding hydrogens is 735 g/mol. The third-order valence-electron chi connectivity index (χ3n) is 11.8. The lowest BCUT2D eigenvalue weighted by Gasteiger charge is -2.29. The lowest BCUT2D eigenvalue weighted by atomic mass is 9.89. The van der Waals surface area contributed by atoms with Crippen LogP contribution in [0.5, 0.6) is 0 Å². The summed E-state index contributed by atoms with van der Waals surface area (Å²) in [5.74, 6) is 0. The Morgan fingerprint density at radius 3 is 1.44 bits per heavy atom. The van der Waals surface area contributed by atoms with Crippen LogP contribution in [0.2, 0.25) is 0 Å². The normalized spacial score (nSPS) is 12.0. The summed E-state index contributed by atoms with van der Waals surface area (Å²) >= 11 is 0. The van der Waals surface area contributed by atoms with Gasteiger partial charge in [0, 0.05) is 16.9 Å². The number of rotatable bonds is 8. The van der Waals surface area contributed by atoms with Gasteiger partial charge in [-0.15, -0.1) is 0 Å². The number of benzene rings is 11. The predicted octanol–water partition coefficient (Wildman–Crippen LogP) is 17.0. The van der Waals surface area contributed by atoms with Crippen molar-refractivity contribution in [3.8, 4) is 55.6 Å². The number of hydrogen-bond donors (Lipinski definition) is 0. The minimum Gasteiger partial charge on any atom is -0.310 e. The molecule has 0 heterocycles. The van der Waals surface area contributed by atoms with Crippen molar-refractivity contribution in [2.45, 2.75) is 0 Å². The van der Waals surface area contributed by atoms with Crippen LogP contribution in [0.1, 0.15) is 4.11 Å². The van der Waals surface area contributed by atoms with Crippen molar-refractivity contribution < 1.29 is 4.11 Å². The number of fused-ring (bicyclic) bond motifs is 4. The van der Waals surface area contributed by atoms with Crippen molar-refractivity contribution in [2.24, 2.45) is 0 Å². The van der Waals surface area contributed by atoms with E-state index in [9.17, 15) is 4.11 Å². The summed E-state index contributed by atoms with van der Waals surface area (Å²) in [7, 11) is 0. The molecular formula is C60H41N. The monoisotopic (exact) mass is 778 g/mol. The van der Waals surface area contributed by atoms with Crippen LogP contribution in [-0.4, -0.2) is 0 Å². The van der Waals surface area contributed by atoms with E-state index in [1.807, 2.05) is 66.7 Å². The van der Waals surface area contributed by atoms with Crippen LogP contribution < -0.4 is 4.90 Å². The lowest BCUT2D eigenvalue weighted by Crippen LogP contribution is -2.11. The first kappa shape index (κ1) is 32.9. The highest BCUT2D eigenvalue weighted by Gasteiger charge is 2.20. The Labute approximate surface area is 361 Å². The first-order valence-corrected chi connectivity index (χ1v) is 20.8. The molecule has 61 heavy (non-hydrogen) atoms. The maximum absolute atomic E-state index is 9.92. The summed E-state index contributed by atoms with van der Waals surface area (Å²) in [6, 6.07) is 79.7. The highest BCUT2D eigenvalue weighted by Crippen LogP contribution is 2.45. The van der Waals surface area contributed by atoms with E-state index in [1.165, 1.54) is 26.9 Å². The molecule has 0 unspecified atom stereocenters. The smallest absolute Gasteiger partial charge is 0.0645 e. The lowest BCUT2D eigenvalue weighted by molar-refractivity contribution is 1.28. The van der Waals surface area contributed by atoms with Crippen molar-refractivity contribution in [1.82, 2.24) is 0 Å². The summed E-state index contributed by atoms with van der Waals surface area (Å²) in [6.07, 6.45) is 0. The molecule has 11 aromatic carbocycles. The Bertz CT molecular complexity index is 3500. The molecule has 0 aliphatic carbocycles. The van der Waals surface area contributed by atoms with Gasteiger partial charge in [0.15, 0.2) is 0 Å². The van der Waals surface area contributed by atoms with Crippen LogP contribution in [0.15, 0.2) is 249 Å². The molecule has 286 valence electrons. The quantitative estimate of drug-likeness (QED) is 0.139. The van der Waals surface area contributed by atoms with Gasteiger partial charge in [0.25, 0.3) is 0 Å². The van der Waals surface area contributed by atoms with Crippen molar-refractivity contribution in [3.05, 3.63) is 249 Å². The Hall–Kier alpha value is -8.00. The van der Waals surface area contributed by atoms with E-state index in [1.54, 1.807) is 0 Å². The average molecular weight is 779 g/mol. The van der Waals surface area contributed by atoms with Crippen molar-refractivity contribution in [1.29, 1.82) is 0 Å². The molecule has 0 fully saturated rings. The van der Waals surface area contributed by atoms with Crippen LogP contribution in [0, 0.1) is 0 Å². The zero-order valence-corrected chi connectivity index (χ0v) is 33.4. The minimum absolute atomic E-state index is 0.00927. The fourth-order valence-electron chi connectivity index (χ4n) is 8.84. The van der Waals surface area contributed by atoms with Crippen LogP contribution in [-0.2, 0) is 0 Å². The zero-order valence-electron chi connectivity index (χ0n) is 36.4. The van der Waals surface area contributed by atoms with Crippen molar-refractivity contribution in [3.63, 3.8) is 0 Å². The second-order valence-corrected chi connectivity index (χ2v) is 15.4. The summed E-state index contributed by atoms with van der Waals surface area (Å²) in [5, 5.41) is 7.12. The topological polar surface area (TPSA) is 3.24 Å². The standard InChI is InChI=1S/C60H41N/c1-4-16-42(17-5-1)48-33-39-59(58(40-48)44-20-8-3-9-21-44)61(50-34-28-46(29-35-50)57-41-49-23-11-12-24-52(49)55-26-14-15-27-56(55)57)51-36-30-47(31-37-51)60-53-25-13-10-22-45(53)32-38-54(60)43-18-6-2-7-19-43/h1-41H/i33D,39D,40D. The van der Waals surface area contributed by atoms with Crippen molar-refractivity contribution in [2.75, 3.05) is 4.90 Å². The van der Waals surface area contributed by atoms with E-state index in [2.05, 4.69) is 169 Å². The van der Waals surface area contributed by atoms with Crippen molar-refractivity contribution >= 4 is 49.4 Å². The Balaban J connectivity index is 1.14. The second kappa shape index (κ2) is 15.6. The molecule has 1 heteroatoms. The Kier molecular flexibility index (Phi) is 8.43.